The zero-order valence-corrected chi connectivity index (χ0v) is 73.9. The summed E-state index contributed by atoms with van der Waals surface area (Å²) in [6.07, 6.45) is 36.1. The SMILES string of the molecule is C#CCC1CC(=O)C(c2c(C)cc(-c3ccc(C)cc3)cc2C)C1=O.C#CCC1CC(=O)C(c2c(C)cc(-c3ccc(C)cn3)cc2C)C1=O.C#CCC1CC(=O)C(c2c(C)cc(-c3ncc(C)cc3F)cc2C)C1=O.C#CCC1CC(=O)C(c2c(C)cc(-c3ncc(C)cn3)cc2C)C1=O.C#CCC1CC(=O)C(c2c(F)cc(-c3ccc(C)cc3)cc2Cl)C1=O. The highest BCUT2D eigenvalue weighted by Crippen LogP contribution is 2.45. The minimum atomic E-state index is -1.15. The van der Waals surface area contributed by atoms with Crippen LogP contribution in [0.2, 0.25) is 5.02 Å². The maximum Gasteiger partial charge on any atom is 0.159 e. The Morgan fingerprint density at radius 2 is 0.579 bits per heavy atom. The number of benzene rings is 7. The lowest BCUT2D eigenvalue weighted by Gasteiger charge is -2.17. The number of terminal acetylenes is 5. The van der Waals surface area contributed by atoms with Crippen molar-refractivity contribution in [3.05, 3.63) is 269 Å². The molecular weight excluding hydrogens is 1600 g/mol. The van der Waals surface area contributed by atoms with Gasteiger partial charge in [-0.25, -0.2) is 18.7 Å². The Labute approximate surface area is 741 Å². The summed E-state index contributed by atoms with van der Waals surface area (Å²) < 4.78 is 29.0. The average molecular weight is 1700 g/mol. The van der Waals surface area contributed by atoms with Gasteiger partial charge in [0.25, 0.3) is 0 Å². The van der Waals surface area contributed by atoms with Crippen molar-refractivity contribution in [3.8, 4) is 118 Å². The highest BCUT2D eigenvalue weighted by molar-refractivity contribution is 6.33. The van der Waals surface area contributed by atoms with Gasteiger partial charge in [0.2, 0.25) is 0 Å². The number of aryl methyl sites for hydroxylation is 13. The van der Waals surface area contributed by atoms with Gasteiger partial charge in [0.15, 0.2) is 34.7 Å². The van der Waals surface area contributed by atoms with Crippen LogP contribution in [-0.2, 0) is 47.9 Å². The number of nitrogens with zero attached hydrogens (tertiary/aromatic N) is 4. The first-order valence-corrected chi connectivity index (χ1v) is 42.3. The summed E-state index contributed by atoms with van der Waals surface area (Å²) in [5.74, 6) is 5.16. The Bertz CT molecular complexity index is 5560. The molecule has 3 heterocycles. The Kier molecular flexibility index (Phi) is 30.0. The third kappa shape index (κ3) is 20.5. The molecule has 0 amide bonds. The van der Waals surface area contributed by atoms with Gasteiger partial charge in [-0.15, -0.1) is 61.7 Å². The highest BCUT2D eigenvalue weighted by atomic mass is 35.5. The van der Waals surface area contributed by atoms with Crippen LogP contribution in [0.4, 0.5) is 8.78 Å². The predicted molar refractivity (Wildman–Crippen MR) is 489 cm³/mol. The lowest BCUT2D eigenvalue weighted by molar-refractivity contribution is -0.126. The zero-order valence-electron chi connectivity index (χ0n) is 73.2. The van der Waals surface area contributed by atoms with Crippen LogP contribution in [-0.4, -0.2) is 77.8 Å². The largest absolute Gasteiger partial charge is 0.298 e. The van der Waals surface area contributed by atoms with Crippen LogP contribution in [0.15, 0.2) is 152 Å². The molecule has 0 aliphatic heterocycles. The van der Waals surface area contributed by atoms with E-state index in [1.54, 1.807) is 43.7 Å². The number of pyridine rings is 2. The fourth-order valence-corrected chi connectivity index (χ4v) is 18.4. The molecule has 15 rings (SSSR count). The first kappa shape index (κ1) is 93.3. The molecule has 3 aromatic heterocycles. The molecule has 5 fully saturated rings. The summed E-state index contributed by atoms with van der Waals surface area (Å²) in [5.41, 5.74) is 23.0. The summed E-state index contributed by atoms with van der Waals surface area (Å²) in [4.78, 5) is 143. The van der Waals surface area contributed by atoms with E-state index in [0.29, 0.717) is 36.2 Å². The lowest BCUT2D eigenvalue weighted by atomic mass is 9.85. The molecule has 0 bridgehead atoms. The van der Waals surface area contributed by atoms with Gasteiger partial charge in [-0.3, -0.25) is 57.9 Å². The lowest BCUT2D eigenvalue weighted by Crippen LogP contribution is -2.17. The molecule has 0 N–H and O–H groups in total. The molecule has 10 unspecified atom stereocenters. The molecule has 7 aromatic carbocycles. The number of carbonyl (C=O) groups excluding carboxylic acids is 10. The average Bonchev–Trinajstić information content (AvgIpc) is 1.67. The smallest absolute Gasteiger partial charge is 0.159 e. The molecular formula is C109H99ClF2N4O10. The number of hydrogen-bond donors (Lipinski definition) is 0. The van der Waals surface area contributed by atoms with Crippen molar-refractivity contribution in [1.29, 1.82) is 0 Å². The van der Waals surface area contributed by atoms with Crippen molar-refractivity contribution >= 4 is 69.4 Å². The van der Waals surface area contributed by atoms with Crippen LogP contribution in [0.3, 0.4) is 0 Å². The molecule has 0 spiro atoms. The fraction of sp³-hybridized carbons (Fsp3) is 0.303. The number of ketones is 10. The van der Waals surface area contributed by atoms with E-state index < -0.39 is 53.1 Å². The summed E-state index contributed by atoms with van der Waals surface area (Å²) in [7, 11) is 0. The van der Waals surface area contributed by atoms with E-state index in [-0.39, 0.29) is 137 Å². The Morgan fingerprint density at radius 1 is 0.294 bits per heavy atom. The van der Waals surface area contributed by atoms with Crippen LogP contribution in [0.5, 0.6) is 0 Å². The Hall–Kier alpha value is -13.4. The zero-order chi connectivity index (χ0) is 91.6. The van der Waals surface area contributed by atoms with Crippen LogP contribution in [0.25, 0.3) is 56.2 Å². The molecule has 5 aliphatic carbocycles. The summed E-state index contributed by atoms with van der Waals surface area (Å²) in [6.45, 7) is 25.1. The normalized spacial score (nSPS) is 19.9. The Balaban J connectivity index is 0.000000153. The molecule has 0 radical (unpaired) electrons. The number of rotatable bonds is 15. The van der Waals surface area contributed by atoms with Gasteiger partial charge in [0.1, 0.15) is 75.8 Å². The summed E-state index contributed by atoms with van der Waals surface area (Å²) in [6, 6.07) is 39.9. The third-order valence-electron chi connectivity index (χ3n) is 24.3. The first-order valence-electron chi connectivity index (χ1n) is 41.9. The van der Waals surface area contributed by atoms with E-state index in [2.05, 4.69) is 92.9 Å². The topological polar surface area (TPSA) is 222 Å². The van der Waals surface area contributed by atoms with Gasteiger partial charge in [-0.2, -0.15) is 0 Å². The van der Waals surface area contributed by atoms with E-state index in [4.69, 9.17) is 43.7 Å². The molecule has 10 atom stereocenters. The van der Waals surface area contributed by atoms with Crippen LogP contribution < -0.4 is 0 Å². The number of Topliss-reactive ketones (excluding diaryl/α,β-unsaturated/α-hetero) is 10. The second-order valence-corrected chi connectivity index (χ2v) is 34.3. The maximum absolute atomic E-state index is 14.8. The third-order valence-corrected chi connectivity index (χ3v) is 24.6. The predicted octanol–water partition coefficient (Wildman–Crippen LogP) is 20.6. The molecule has 0 saturated heterocycles. The molecule has 10 aromatic rings. The van der Waals surface area contributed by atoms with Gasteiger partial charge in [0, 0.05) is 146 Å². The second kappa shape index (κ2) is 40.5. The maximum atomic E-state index is 14.8. The van der Waals surface area contributed by atoms with Gasteiger partial charge in [-0.1, -0.05) is 89.5 Å². The molecule has 5 aliphatic rings. The van der Waals surface area contributed by atoms with Crippen molar-refractivity contribution in [2.24, 2.45) is 29.6 Å². The second-order valence-electron chi connectivity index (χ2n) is 33.9. The fourth-order valence-electron chi connectivity index (χ4n) is 18.1. The van der Waals surface area contributed by atoms with Crippen molar-refractivity contribution in [3.63, 3.8) is 0 Å². The number of carbonyl (C=O) groups is 10. The van der Waals surface area contributed by atoms with Crippen LogP contribution in [0.1, 0.15) is 194 Å². The Morgan fingerprint density at radius 3 is 0.889 bits per heavy atom. The molecule has 636 valence electrons. The highest BCUT2D eigenvalue weighted by Gasteiger charge is 2.48. The van der Waals surface area contributed by atoms with Crippen molar-refractivity contribution in [2.45, 2.75) is 184 Å². The van der Waals surface area contributed by atoms with Crippen LogP contribution in [0, 0.1) is 193 Å². The van der Waals surface area contributed by atoms with E-state index in [0.717, 1.165) is 123 Å². The minimum absolute atomic E-state index is 0.000430. The van der Waals surface area contributed by atoms with Crippen LogP contribution >= 0.6 is 11.6 Å². The van der Waals surface area contributed by atoms with E-state index in [9.17, 15) is 56.7 Å². The molecule has 5 saturated carbocycles. The molecule has 126 heavy (non-hydrogen) atoms. The van der Waals surface area contributed by atoms with Gasteiger partial charge in [0.05, 0.1) is 5.69 Å². The first-order chi connectivity index (χ1) is 60.0. The standard InChI is InChI=1S/C23H22O2.C22H20FNO2.C22H21NO2.C21H16ClFO2.C21H20N2O2/c1-5-6-18-13-20(24)22(23(18)25)21-15(3)11-19(12-16(21)4)17-9-7-14(2)8-10-17;1-5-6-15-10-18(25)20(22(15)26)19-13(3)8-16(9-14(19)4)21-17(23)7-12(2)11-24-21;1-5-6-16-11-19(24)21(22(16)25)20-14(3)9-17(10-15(20)4)18-8-7-13(2)12-23-18;1-3-4-14-11-18(24)20(21(14)25)19-16(22)9-15(10-17(19)23)13-7-5-12(2)6-8-13;1-5-6-15-9-17(24)19(20(15)25)18-13(3)7-16(8-14(18)4)21-22-10-12(2)11-23-21/h1,7-12,18,22H,6,13H2,2-4H3;1,7-9,11,15,20H,6,10H2,2-4H3;1,7-10,12,16,21H,6,11H2,2-4H3;1,5-10,14,20H,4,11H2,2H3;1,7-8,10-11,15,19H,6,9H2,2-4H3. The van der Waals surface area contributed by atoms with E-state index >= 15 is 0 Å². The monoisotopic (exact) mass is 1700 g/mol. The van der Waals surface area contributed by atoms with Gasteiger partial charge in [-0.05, 0) is 256 Å². The van der Waals surface area contributed by atoms with E-state index in [1.807, 2.05) is 143 Å². The van der Waals surface area contributed by atoms with Gasteiger partial charge >= 0.3 is 0 Å². The minimum Gasteiger partial charge on any atom is -0.298 e. The summed E-state index contributed by atoms with van der Waals surface area (Å²) >= 11 is 6.27. The van der Waals surface area contributed by atoms with Crippen molar-refractivity contribution in [1.82, 2.24) is 19.9 Å². The number of aromatic nitrogens is 4. The quantitative estimate of drug-likeness (QED) is 0.0688. The van der Waals surface area contributed by atoms with Crippen molar-refractivity contribution < 1.29 is 56.7 Å². The number of halogens is 3. The summed E-state index contributed by atoms with van der Waals surface area (Å²) in [5, 5.41) is 0.0867. The van der Waals surface area contributed by atoms with E-state index in [1.165, 1.54) is 17.7 Å². The van der Waals surface area contributed by atoms with Gasteiger partial charge < -0.3 is 0 Å². The number of hydrogen-bond acceptors (Lipinski definition) is 14. The molecule has 17 heteroatoms. The molecule has 14 nitrogen and oxygen atoms in total. The van der Waals surface area contributed by atoms with Crippen molar-refractivity contribution in [2.75, 3.05) is 0 Å².